The zero-order valence-electron chi connectivity index (χ0n) is 8.24. The predicted octanol–water partition coefficient (Wildman–Crippen LogP) is 3.06. The van der Waals surface area contributed by atoms with Crippen molar-refractivity contribution in [2.75, 3.05) is 18.8 Å². The van der Waals surface area contributed by atoms with Crippen LogP contribution in [0.15, 0.2) is 6.20 Å². The highest BCUT2D eigenvalue weighted by Gasteiger charge is 2.14. The van der Waals surface area contributed by atoms with Gasteiger partial charge in [0.25, 0.3) is 0 Å². The van der Waals surface area contributed by atoms with E-state index in [0.717, 1.165) is 11.7 Å². The van der Waals surface area contributed by atoms with E-state index in [0.29, 0.717) is 4.47 Å². The second-order valence-corrected chi connectivity index (χ2v) is 6.18. The zero-order chi connectivity index (χ0) is 9.80. The van der Waals surface area contributed by atoms with Gasteiger partial charge >= 0.3 is 0 Å². The Morgan fingerprint density at radius 2 is 2.53 bits per heavy atom. The maximum atomic E-state index is 5.75. The molecular formula is C9H14Cl2N2S2. The quantitative estimate of drug-likeness (QED) is 0.920. The molecule has 1 fully saturated rings. The SMILES string of the molecule is Cl.Clc1ncc(CSCC2CCNC2)s1. The number of aromatic nitrogens is 1. The lowest BCUT2D eigenvalue weighted by Crippen LogP contribution is -2.10. The topological polar surface area (TPSA) is 24.9 Å². The van der Waals surface area contributed by atoms with Crippen molar-refractivity contribution in [1.82, 2.24) is 10.3 Å². The molecule has 86 valence electrons. The van der Waals surface area contributed by atoms with Gasteiger partial charge in [-0.3, -0.25) is 0 Å². The van der Waals surface area contributed by atoms with Crippen LogP contribution in [0.2, 0.25) is 4.47 Å². The van der Waals surface area contributed by atoms with Crippen LogP contribution in [0.5, 0.6) is 0 Å². The molecule has 0 bridgehead atoms. The number of thioether (sulfide) groups is 1. The van der Waals surface area contributed by atoms with Crippen LogP contribution in [0.3, 0.4) is 0 Å². The van der Waals surface area contributed by atoms with Gasteiger partial charge in [-0.2, -0.15) is 11.8 Å². The summed E-state index contributed by atoms with van der Waals surface area (Å²) in [5.41, 5.74) is 0. The minimum Gasteiger partial charge on any atom is -0.316 e. The van der Waals surface area contributed by atoms with Crippen molar-refractivity contribution in [2.45, 2.75) is 12.2 Å². The van der Waals surface area contributed by atoms with Gasteiger partial charge in [0, 0.05) is 16.8 Å². The van der Waals surface area contributed by atoms with Gasteiger partial charge in [-0.1, -0.05) is 11.6 Å². The molecule has 1 atom stereocenters. The highest BCUT2D eigenvalue weighted by atomic mass is 35.5. The Bertz CT molecular complexity index is 287. The maximum Gasteiger partial charge on any atom is 0.183 e. The van der Waals surface area contributed by atoms with Crippen molar-refractivity contribution in [1.29, 1.82) is 0 Å². The number of nitrogens with one attached hydrogen (secondary N) is 1. The molecule has 1 unspecified atom stereocenters. The van der Waals surface area contributed by atoms with E-state index in [1.165, 1.54) is 30.1 Å². The molecule has 0 amide bonds. The Morgan fingerprint density at radius 1 is 1.67 bits per heavy atom. The molecule has 1 aliphatic rings. The van der Waals surface area contributed by atoms with Crippen molar-refractivity contribution >= 4 is 47.1 Å². The third kappa shape index (κ3) is 4.49. The average molecular weight is 285 g/mol. The standard InChI is InChI=1S/C9H13ClN2S2.ClH/c10-9-12-4-8(14-9)6-13-5-7-1-2-11-3-7;/h4,7,11H,1-3,5-6H2;1H. The molecule has 0 aliphatic carbocycles. The lowest BCUT2D eigenvalue weighted by Gasteiger charge is -2.05. The van der Waals surface area contributed by atoms with Gasteiger partial charge in [0.2, 0.25) is 0 Å². The van der Waals surface area contributed by atoms with Crippen LogP contribution in [0.1, 0.15) is 11.3 Å². The summed E-state index contributed by atoms with van der Waals surface area (Å²) in [7, 11) is 0. The fraction of sp³-hybridized carbons (Fsp3) is 0.667. The van der Waals surface area contributed by atoms with E-state index < -0.39 is 0 Å². The van der Waals surface area contributed by atoms with Crippen LogP contribution in [-0.2, 0) is 5.75 Å². The van der Waals surface area contributed by atoms with E-state index in [4.69, 9.17) is 11.6 Å². The van der Waals surface area contributed by atoms with Crippen LogP contribution in [-0.4, -0.2) is 23.8 Å². The number of hydrogen-bond donors (Lipinski definition) is 1. The molecule has 15 heavy (non-hydrogen) atoms. The second-order valence-electron chi connectivity index (χ2n) is 3.45. The average Bonchev–Trinajstić information content (AvgIpc) is 2.77. The molecule has 6 heteroatoms. The summed E-state index contributed by atoms with van der Waals surface area (Å²) in [5.74, 6) is 3.17. The first-order valence-corrected chi connectivity index (χ1v) is 7.08. The van der Waals surface area contributed by atoms with E-state index in [1.54, 1.807) is 11.3 Å². The molecule has 2 rings (SSSR count). The highest BCUT2D eigenvalue weighted by molar-refractivity contribution is 7.98. The third-order valence-electron chi connectivity index (χ3n) is 2.29. The molecule has 0 radical (unpaired) electrons. The molecule has 1 aliphatic heterocycles. The Kier molecular flexibility index (Phi) is 6.31. The van der Waals surface area contributed by atoms with Crippen LogP contribution in [0.25, 0.3) is 0 Å². The normalized spacial score (nSPS) is 20.2. The van der Waals surface area contributed by atoms with Gasteiger partial charge in [-0.25, -0.2) is 4.98 Å². The lowest BCUT2D eigenvalue weighted by atomic mass is 10.2. The number of thiazole rings is 1. The summed E-state index contributed by atoms with van der Waals surface area (Å²) >= 11 is 9.33. The van der Waals surface area contributed by atoms with Crippen molar-refractivity contribution in [2.24, 2.45) is 5.92 Å². The number of nitrogens with zero attached hydrogens (tertiary/aromatic N) is 1. The van der Waals surface area contributed by atoms with Crippen LogP contribution in [0, 0.1) is 5.92 Å². The molecule has 0 saturated carbocycles. The largest absolute Gasteiger partial charge is 0.316 e. The molecule has 2 heterocycles. The van der Waals surface area contributed by atoms with Crippen molar-refractivity contribution < 1.29 is 0 Å². The van der Waals surface area contributed by atoms with Gasteiger partial charge in [-0.05, 0) is 31.2 Å². The van der Waals surface area contributed by atoms with Crippen molar-refractivity contribution in [3.8, 4) is 0 Å². The first-order valence-electron chi connectivity index (χ1n) is 4.73. The van der Waals surface area contributed by atoms with E-state index >= 15 is 0 Å². The van der Waals surface area contributed by atoms with E-state index in [2.05, 4.69) is 10.3 Å². The lowest BCUT2D eigenvalue weighted by molar-refractivity contribution is 0.662. The summed E-state index contributed by atoms with van der Waals surface area (Å²) in [6.07, 6.45) is 3.21. The van der Waals surface area contributed by atoms with Crippen molar-refractivity contribution in [3.05, 3.63) is 15.5 Å². The smallest absolute Gasteiger partial charge is 0.183 e. The molecule has 0 aromatic carbocycles. The Morgan fingerprint density at radius 3 is 3.13 bits per heavy atom. The first kappa shape index (κ1) is 13.6. The maximum absolute atomic E-state index is 5.75. The van der Waals surface area contributed by atoms with E-state index in [9.17, 15) is 0 Å². The van der Waals surface area contributed by atoms with Crippen LogP contribution < -0.4 is 5.32 Å². The zero-order valence-corrected chi connectivity index (χ0v) is 11.4. The fourth-order valence-electron chi connectivity index (χ4n) is 1.53. The van der Waals surface area contributed by atoms with Gasteiger partial charge in [-0.15, -0.1) is 23.7 Å². The Hall–Kier alpha value is 0.520. The third-order valence-corrected chi connectivity index (χ3v) is 4.81. The van der Waals surface area contributed by atoms with E-state index in [1.807, 2.05) is 18.0 Å². The molecular weight excluding hydrogens is 271 g/mol. The molecule has 1 saturated heterocycles. The fourth-order valence-corrected chi connectivity index (χ4v) is 3.80. The number of halogens is 2. The van der Waals surface area contributed by atoms with Crippen LogP contribution >= 0.6 is 47.1 Å². The minimum atomic E-state index is 0. The molecule has 1 N–H and O–H groups in total. The number of rotatable bonds is 4. The number of hydrogen-bond acceptors (Lipinski definition) is 4. The molecule has 2 nitrogen and oxygen atoms in total. The van der Waals surface area contributed by atoms with Crippen LogP contribution in [0.4, 0.5) is 0 Å². The molecule has 0 spiro atoms. The van der Waals surface area contributed by atoms with Gasteiger partial charge in [0.05, 0.1) is 0 Å². The summed E-state index contributed by atoms with van der Waals surface area (Å²) in [5, 5.41) is 3.38. The Labute approximate surface area is 110 Å². The van der Waals surface area contributed by atoms with Crippen molar-refractivity contribution in [3.63, 3.8) is 0 Å². The second kappa shape index (κ2) is 6.97. The summed E-state index contributed by atoms with van der Waals surface area (Å²) < 4.78 is 0.656. The highest BCUT2D eigenvalue weighted by Crippen LogP contribution is 2.24. The Balaban J connectivity index is 0.00000112. The molecule has 1 aromatic heterocycles. The summed E-state index contributed by atoms with van der Waals surface area (Å²) in [6.45, 7) is 2.38. The van der Waals surface area contributed by atoms with Gasteiger partial charge in [0.1, 0.15) is 0 Å². The first-order chi connectivity index (χ1) is 6.84. The molecule has 1 aromatic rings. The monoisotopic (exact) mass is 284 g/mol. The predicted molar refractivity (Wildman–Crippen MR) is 71.5 cm³/mol. The summed E-state index contributed by atoms with van der Waals surface area (Å²) in [6, 6.07) is 0. The van der Waals surface area contributed by atoms with Gasteiger partial charge < -0.3 is 5.32 Å². The van der Waals surface area contributed by atoms with E-state index in [-0.39, 0.29) is 12.4 Å². The minimum absolute atomic E-state index is 0. The van der Waals surface area contributed by atoms with Gasteiger partial charge in [0.15, 0.2) is 4.47 Å². The summed E-state index contributed by atoms with van der Waals surface area (Å²) in [4.78, 5) is 5.31.